The summed E-state index contributed by atoms with van der Waals surface area (Å²) in [5.74, 6) is -0.222. The van der Waals surface area contributed by atoms with Crippen molar-refractivity contribution >= 4 is 28.6 Å². The Balaban J connectivity index is 0.00000267. The van der Waals surface area contributed by atoms with Gasteiger partial charge in [0.1, 0.15) is 24.6 Å². The lowest BCUT2D eigenvalue weighted by Crippen LogP contribution is -2.50. The van der Waals surface area contributed by atoms with E-state index in [0.29, 0.717) is 11.1 Å². The molecule has 1 amide bonds. The molecule has 2 aromatic rings. The van der Waals surface area contributed by atoms with Crippen LogP contribution in [0.15, 0.2) is 41.3 Å². The average Bonchev–Trinajstić information content (AvgIpc) is 3.34. The van der Waals surface area contributed by atoms with Crippen LogP contribution in [0.2, 0.25) is 18.1 Å². The Morgan fingerprint density at radius 2 is 1.89 bits per heavy atom. The highest BCUT2D eigenvalue weighted by Gasteiger charge is 2.52. The van der Waals surface area contributed by atoms with Crippen LogP contribution in [0.3, 0.4) is 0 Å². The molecule has 0 aliphatic carbocycles. The first-order valence-electron chi connectivity index (χ1n) is 16.8. The maximum Gasteiger partial charge on any atom is 0.351 e. The lowest BCUT2D eigenvalue weighted by molar-refractivity contribution is -0.0311. The van der Waals surface area contributed by atoms with Gasteiger partial charge in [-0.25, -0.2) is 16.0 Å². The van der Waals surface area contributed by atoms with Gasteiger partial charge in [-0.1, -0.05) is 39.0 Å². The molecule has 0 bridgehead atoms. The van der Waals surface area contributed by atoms with Crippen LogP contribution < -0.4 is 11.0 Å². The van der Waals surface area contributed by atoms with Crippen LogP contribution in [-0.2, 0) is 18.2 Å². The molecule has 14 heteroatoms. The summed E-state index contributed by atoms with van der Waals surface area (Å²) in [4.78, 5) is 34.1. The molecule has 0 saturated carbocycles. The van der Waals surface area contributed by atoms with Gasteiger partial charge < -0.3 is 33.5 Å². The van der Waals surface area contributed by atoms with E-state index in [9.17, 15) is 9.59 Å². The SMILES string of the molecule is [2H]C[C@H]1O[C@@H](n2cc(C)c(NC(=O)c3ccccc3)nc2=O)C(O[Si](C)(C)C(C)(C)C)[C@H]1OP(OCC[N+]#[C-])N(C(C)C)C(C)C.[3H]OC. The maximum absolute atomic E-state index is 13.6. The minimum absolute atomic E-state index is 0.0690. The molecule has 5 atom stereocenters. The summed E-state index contributed by atoms with van der Waals surface area (Å²) in [7, 11) is -2.87. The van der Waals surface area contributed by atoms with E-state index in [-0.39, 0.29) is 48.9 Å². The number of aryl methyl sites for hydroxylation is 1. The standard InChI is InChI=1S/C32H50N5O6PSi.CH4O/c1-21(2)37(22(3)4)44(40-19-18-33-10)42-26-24(6)41-30(27(26)43-45(11,12)32(7,8)9)36-20-23(5)28(35-31(36)39)34-29(38)25-16-14-13-15-17-25;1-2/h13-17,20-22,24,26-27,30H,18-19H2,1-9,11-12H3,(H,34,35,38,39);2H,1H3/t24-,26+,27?,30-,44?;/m1./s1/i6D;2T. The van der Waals surface area contributed by atoms with Crippen LogP contribution in [0.1, 0.15) is 78.9 Å². The Labute approximate surface area is 285 Å². The Hall–Kier alpha value is -2.53. The highest BCUT2D eigenvalue weighted by Crippen LogP contribution is 2.51. The maximum atomic E-state index is 13.6. The third-order valence-electron chi connectivity index (χ3n) is 8.06. The molecule has 2 heterocycles. The summed E-state index contributed by atoms with van der Waals surface area (Å²) >= 11 is 0. The molecule has 1 saturated heterocycles. The zero-order chi connectivity index (χ0) is 37.1. The molecule has 47 heavy (non-hydrogen) atoms. The molecular formula is C33H54N5O7PSi. The molecule has 1 aromatic heterocycles. The molecule has 1 aliphatic rings. The summed E-state index contributed by atoms with van der Waals surface area (Å²) < 4.78 is 44.1. The highest BCUT2D eigenvalue weighted by atomic mass is 31.2. The van der Waals surface area contributed by atoms with E-state index in [4.69, 9.17) is 27.6 Å². The lowest BCUT2D eigenvalue weighted by Gasteiger charge is -2.42. The monoisotopic (exact) mass is 694 g/mol. The second-order valence-electron chi connectivity index (χ2n) is 13.3. The van der Waals surface area contributed by atoms with Crippen molar-refractivity contribution in [2.75, 3.05) is 25.6 Å². The van der Waals surface area contributed by atoms with Crippen molar-refractivity contribution in [3.05, 3.63) is 69.6 Å². The Morgan fingerprint density at radius 3 is 2.43 bits per heavy atom. The van der Waals surface area contributed by atoms with Gasteiger partial charge in [0, 0.05) is 37.9 Å². The lowest BCUT2D eigenvalue weighted by atomic mass is 10.1. The number of carbonyl (C=O) groups excluding carboxylic acids is 1. The first-order chi connectivity index (χ1) is 22.9. The van der Waals surface area contributed by atoms with Crippen LogP contribution in [0.5, 0.6) is 0 Å². The second kappa shape index (κ2) is 17.7. The van der Waals surface area contributed by atoms with Crippen LogP contribution in [-0.4, -0.2) is 85.6 Å². The summed E-state index contributed by atoms with van der Waals surface area (Å²) in [5.41, 5.74) is 0.370. The third-order valence-corrected chi connectivity index (χ3v) is 14.7. The van der Waals surface area contributed by atoms with Gasteiger partial charge in [0.15, 0.2) is 14.5 Å². The number of hydrogen-bond donors (Lipinski definition) is 2. The van der Waals surface area contributed by atoms with Crippen LogP contribution in [0.25, 0.3) is 4.85 Å². The van der Waals surface area contributed by atoms with E-state index in [1.54, 1.807) is 37.4 Å². The largest absolute Gasteiger partial charge is 0.407 e. The molecule has 1 fully saturated rings. The number of nitrogens with one attached hydrogen (secondary N) is 1. The van der Waals surface area contributed by atoms with Gasteiger partial charge in [-0.3, -0.25) is 9.36 Å². The van der Waals surface area contributed by atoms with Gasteiger partial charge in [-0.2, -0.15) is 4.98 Å². The van der Waals surface area contributed by atoms with Crippen molar-refractivity contribution in [3.63, 3.8) is 0 Å². The van der Waals surface area contributed by atoms with E-state index in [1.165, 1.54) is 11.7 Å². The Kier molecular flexibility index (Phi) is 14.1. The van der Waals surface area contributed by atoms with Crippen molar-refractivity contribution < 1.29 is 29.5 Å². The Bertz CT molecular complexity index is 1430. The molecule has 12 nitrogen and oxygen atoms in total. The van der Waals surface area contributed by atoms with Crippen LogP contribution in [0, 0.1) is 13.5 Å². The first kappa shape index (κ1) is 37.3. The van der Waals surface area contributed by atoms with Crippen molar-refractivity contribution in [2.45, 2.75) is 117 Å². The van der Waals surface area contributed by atoms with E-state index >= 15 is 0 Å². The first-order valence-corrected chi connectivity index (χ1v) is 19.8. The predicted octanol–water partition coefficient (Wildman–Crippen LogP) is 6.39. The number of ether oxygens (including phenoxy) is 1. The summed E-state index contributed by atoms with van der Waals surface area (Å²) in [6.45, 7) is 28.1. The number of aliphatic hydroxyl groups excluding tert-OH is 1. The van der Waals surface area contributed by atoms with Gasteiger partial charge in [-0.15, -0.1) is 0 Å². The number of nitrogens with zero attached hydrogens (tertiary/aromatic N) is 4. The molecular weight excluding hydrogens is 637 g/mol. The minimum Gasteiger partial charge on any atom is -0.407 e. The zero-order valence-electron chi connectivity index (χ0n) is 31.6. The molecule has 0 spiro atoms. The van der Waals surface area contributed by atoms with Crippen LogP contribution >= 0.6 is 8.53 Å². The predicted molar refractivity (Wildman–Crippen MR) is 189 cm³/mol. The second-order valence-corrected chi connectivity index (χ2v) is 19.4. The molecule has 262 valence electrons. The number of anilines is 1. The van der Waals surface area contributed by atoms with Crippen molar-refractivity contribution in [2.24, 2.45) is 0 Å². The fraction of sp³-hybridized carbons (Fsp3) is 0.636. The number of benzene rings is 1. The number of aliphatic hydroxyl groups is 1. The third kappa shape index (κ3) is 10.5. The quantitative estimate of drug-likeness (QED) is 0.106. The molecule has 2 unspecified atom stereocenters. The molecule has 1 aliphatic heterocycles. The van der Waals surface area contributed by atoms with Gasteiger partial charge in [0.2, 0.25) is 7.98 Å². The van der Waals surface area contributed by atoms with Crippen molar-refractivity contribution in [1.29, 1.82) is 1.43 Å². The Morgan fingerprint density at radius 1 is 1.28 bits per heavy atom. The van der Waals surface area contributed by atoms with Gasteiger partial charge >= 0.3 is 5.69 Å². The summed E-state index contributed by atoms with van der Waals surface area (Å²) in [6.07, 6.45) is -1.59. The zero-order valence-corrected chi connectivity index (χ0v) is 31.5. The number of aromatic nitrogens is 2. The van der Waals surface area contributed by atoms with Gasteiger partial charge in [0.05, 0.1) is 6.10 Å². The fourth-order valence-electron chi connectivity index (χ4n) is 4.74. The normalized spacial score (nSPS) is 21.1. The minimum atomic E-state index is -2.48. The van der Waals surface area contributed by atoms with E-state index in [1.807, 2.05) is 6.07 Å². The van der Waals surface area contributed by atoms with Gasteiger partial charge in [-0.05, 0) is 71.8 Å². The van der Waals surface area contributed by atoms with E-state index in [0.717, 1.165) is 0 Å². The molecule has 3 rings (SSSR count). The highest BCUT2D eigenvalue weighted by molar-refractivity contribution is 7.44. The summed E-state index contributed by atoms with van der Waals surface area (Å²) in [6, 6.07) is 8.84. The molecule has 1 aromatic carbocycles. The molecule has 0 radical (unpaired) electrons. The fourth-order valence-corrected chi connectivity index (χ4v) is 7.78. The number of carbonyl (C=O) groups is 1. The van der Waals surface area contributed by atoms with E-state index in [2.05, 4.69) is 86.5 Å². The average molecular weight is 695 g/mol. The van der Waals surface area contributed by atoms with Crippen LogP contribution in [0.4, 0.5) is 5.82 Å². The van der Waals surface area contributed by atoms with Crippen molar-refractivity contribution in [3.8, 4) is 0 Å². The number of rotatable bonds is 13. The van der Waals surface area contributed by atoms with Crippen molar-refractivity contribution in [1.82, 2.24) is 14.2 Å². The van der Waals surface area contributed by atoms with E-state index < -0.39 is 47.1 Å². The molecule has 2 N–H and O–H groups in total. The number of amides is 1. The topological polar surface area (TPSA) is 129 Å². The summed E-state index contributed by atoms with van der Waals surface area (Å²) in [5, 5.41) is 6.07. The number of hydrogen-bond acceptors (Lipinski definition) is 9. The smallest absolute Gasteiger partial charge is 0.351 e. The van der Waals surface area contributed by atoms with Gasteiger partial charge in [0.25, 0.3) is 14.4 Å².